The molecule has 2 heterocycles. The maximum atomic E-state index is 12.8. The number of nitrogens with zero attached hydrogens (tertiary/aromatic N) is 1. The van der Waals surface area contributed by atoms with Crippen LogP contribution < -0.4 is 19.5 Å². The lowest BCUT2D eigenvalue weighted by Crippen LogP contribution is -2.48. The van der Waals surface area contributed by atoms with Gasteiger partial charge in [0, 0.05) is 25.6 Å². The Morgan fingerprint density at radius 1 is 1.33 bits per heavy atom. The maximum Gasteiger partial charge on any atom is 0.255 e. The molecule has 1 amide bonds. The number of β-amino-alcohol motifs (C(OH)–C–C–N with tert-alkyl or cyclic N) is 1. The van der Waals surface area contributed by atoms with Gasteiger partial charge in [-0.15, -0.1) is 0 Å². The zero-order valence-electron chi connectivity index (χ0n) is 17.1. The molecule has 3 rings (SSSR count). The lowest BCUT2D eigenvalue weighted by molar-refractivity contribution is 0.00567. The minimum absolute atomic E-state index is 0.00414. The zero-order chi connectivity index (χ0) is 21.5. The van der Waals surface area contributed by atoms with Gasteiger partial charge in [0.15, 0.2) is 11.5 Å². The van der Waals surface area contributed by atoms with Crippen LogP contribution in [0, 0.1) is 5.92 Å². The first kappa shape index (κ1) is 22.9. The highest BCUT2D eigenvalue weighted by Gasteiger charge is 2.30. The number of benzene rings is 1. The molecule has 2 aliphatic heterocycles. The lowest BCUT2D eigenvalue weighted by Gasteiger charge is -2.36. The Labute approximate surface area is 180 Å². The van der Waals surface area contributed by atoms with Crippen LogP contribution in [0.4, 0.5) is 0 Å². The van der Waals surface area contributed by atoms with Crippen molar-refractivity contribution in [2.24, 2.45) is 5.92 Å². The molecule has 3 N–H and O–H groups in total. The van der Waals surface area contributed by atoms with Crippen LogP contribution in [0.1, 0.15) is 16.8 Å². The fourth-order valence-corrected chi connectivity index (χ4v) is 3.95. The van der Waals surface area contributed by atoms with Crippen molar-refractivity contribution in [3.8, 4) is 17.2 Å². The van der Waals surface area contributed by atoms with E-state index in [2.05, 4.69) is 10.2 Å². The number of hydrogen-bond donors (Lipinski definition) is 3. The Hall–Kier alpha value is -1.78. The summed E-state index contributed by atoms with van der Waals surface area (Å²) < 4.78 is 21.8. The van der Waals surface area contributed by atoms with Crippen LogP contribution in [0.2, 0.25) is 5.02 Å². The number of carbonyl (C=O) groups excluding carboxylic acids is 1. The van der Waals surface area contributed by atoms with Crippen LogP contribution in [0.25, 0.3) is 0 Å². The number of aliphatic hydroxyl groups is 2. The van der Waals surface area contributed by atoms with Gasteiger partial charge in [-0.2, -0.15) is 0 Å². The van der Waals surface area contributed by atoms with E-state index >= 15 is 0 Å². The first-order chi connectivity index (χ1) is 14.5. The number of halogens is 1. The number of aliphatic hydroxyl groups excluding tert-OH is 2. The number of ether oxygens (including phenoxy) is 4. The molecule has 2 atom stereocenters. The SMILES string of the molecule is COc1c(Cl)cc(C(=O)NC[C@@H]2CCN(CCOCCO)C[C@H]2O)c2c1OCCO2. The van der Waals surface area contributed by atoms with Crippen LogP contribution in [0.15, 0.2) is 6.07 Å². The Balaban J connectivity index is 1.56. The number of rotatable bonds is 9. The molecule has 168 valence electrons. The molecular weight excluding hydrogens is 416 g/mol. The topological polar surface area (TPSA) is 110 Å². The van der Waals surface area contributed by atoms with Crippen molar-refractivity contribution < 1.29 is 34.0 Å². The smallest absolute Gasteiger partial charge is 0.255 e. The van der Waals surface area contributed by atoms with Gasteiger partial charge in [0.1, 0.15) is 13.2 Å². The third-order valence-corrected chi connectivity index (χ3v) is 5.57. The monoisotopic (exact) mass is 444 g/mol. The average Bonchev–Trinajstić information content (AvgIpc) is 2.75. The van der Waals surface area contributed by atoms with Gasteiger partial charge in [-0.3, -0.25) is 9.69 Å². The van der Waals surface area contributed by atoms with E-state index in [1.54, 1.807) is 0 Å². The fourth-order valence-electron chi connectivity index (χ4n) is 3.68. The van der Waals surface area contributed by atoms with Gasteiger partial charge in [0.2, 0.25) is 5.75 Å². The van der Waals surface area contributed by atoms with Gasteiger partial charge >= 0.3 is 0 Å². The van der Waals surface area contributed by atoms with Crippen molar-refractivity contribution in [3.05, 3.63) is 16.7 Å². The minimum Gasteiger partial charge on any atom is -0.491 e. The highest BCUT2D eigenvalue weighted by Crippen LogP contribution is 2.46. The molecule has 0 unspecified atom stereocenters. The van der Waals surface area contributed by atoms with Gasteiger partial charge in [0.25, 0.3) is 5.91 Å². The van der Waals surface area contributed by atoms with Crippen molar-refractivity contribution in [2.75, 3.05) is 66.3 Å². The van der Waals surface area contributed by atoms with Crippen LogP contribution in [0.3, 0.4) is 0 Å². The minimum atomic E-state index is -0.551. The normalized spacial score (nSPS) is 21.3. The predicted octanol–water partition coefficient (Wildman–Crippen LogP) is 0.541. The molecule has 0 aliphatic carbocycles. The molecule has 1 saturated heterocycles. The lowest BCUT2D eigenvalue weighted by atomic mass is 9.93. The number of likely N-dealkylation sites (tertiary alicyclic amines) is 1. The summed E-state index contributed by atoms with van der Waals surface area (Å²) in [7, 11) is 1.48. The summed E-state index contributed by atoms with van der Waals surface area (Å²) in [5.41, 5.74) is 0.281. The molecule has 9 nitrogen and oxygen atoms in total. The molecule has 0 bridgehead atoms. The van der Waals surface area contributed by atoms with Crippen molar-refractivity contribution in [2.45, 2.75) is 12.5 Å². The Bertz CT molecular complexity index is 734. The van der Waals surface area contributed by atoms with Crippen molar-refractivity contribution in [1.82, 2.24) is 10.2 Å². The Morgan fingerprint density at radius 3 is 2.80 bits per heavy atom. The van der Waals surface area contributed by atoms with Crippen molar-refractivity contribution in [1.29, 1.82) is 0 Å². The molecule has 1 fully saturated rings. The highest BCUT2D eigenvalue weighted by atomic mass is 35.5. The van der Waals surface area contributed by atoms with Gasteiger partial charge < -0.3 is 34.5 Å². The number of nitrogens with one attached hydrogen (secondary N) is 1. The summed E-state index contributed by atoms with van der Waals surface area (Å²) in [6.07, 6.45) is 0.201. The van der Waals surface area contributed by atoms with Gasteiger partial charge in [-0.1, -0.05) is 11.6 Å². The number of carbonyl (C=O) groups is 1. The molecule has 0 aromatic heterocycles. The first-order valence-electron chi connectivity index (χ1n) is 10.1. The summed E-state index contributed by atoms with van der Waals surface area (Å²) in [5, 5.41) is 22.4. The molecule has 0 spiro atoms. The largest absolute Gasteiger partial charge is 0.491 e. The van der Waals surface area contributed by atoms with Gasteiger partial charge in [-0.05, 0) is 19.0 Å². The fraction of sp³-hybridized carbons (Fsp3) is 0.650. The number of methoxy groups -OCH3 is 1. The quantitative estimate of drug-likeness (QED) is 0.473. The molecule has 1 aromatic carbocycles. The number of amides is 1. The van der Waals surface area contributed by atoms with Crippen molar-refractivity contribution >= 4 is 17.5 Å². The van der Waals surface area contributed by atoms with E-state index in [0.717, 1.165) is 13.0 Å². The average molecular weight is 445 g/mol. The standard InChI is InChI=1S/C20H29ClN2O7/c1-27-18-15(21)10-14(17-19(18)30-9-8-29-17)20(26)22-11-13-2-3-23(12-16(13)25)4-6-28-7-5-24/h10,13,16,24-25H,2-9,11-12H2,1H3,(H,22,26)/t13-,16+/m0/s1. The van der Waals surface area contributed by atoms with E-state index in [9.17, 15) is 9.90 Å². The van der Waals surface area contributed by atoms with E-state index in [-0.39, 0.29) is 29.0 Å². The molecule has 0 saturated carbocycles. The van der Waals surface area contributed by atoms with Crippen LogP contribution in [0.5, 0.6) is 17.2 Å². The maximum absolute atomic E-state index is 12.8. The number of hydrogen-bond acceptors (Lipinski definition) is 8. The van der Waals surface area contributed by atoms with E-state index in [1.807, 2.05) is 0 Å². The summed E-state index contributed by atoms with van der Waals surface area (Å²) in [5.74, 6) is 0.601. The van der Waals surface area contributed by atoms with Gasteiger partial charge in [0.05, 0.1) is 43.6 Å². The zero-order valence-corrected chi connectivity index (χ0v) is 17.8. The second-order valence-corrected chi connectivity index (χ2v) is 7.66. The predicted molar refractivity (Wildman–Crippen MR) is 110 cm³/mol. The Kier molecular flexibility index (Phi) is 8.41. The summed E-state index contributed by atoms with van der Waals surface area (Å²) in [4.78, 5) is 14.9. The third-order valence-electron chi connectivity index (χ3n) is 5.29. The third kappa shape index (κ3) is 5.47. The first-order valence-corrected chi connectivity index (χ1v) is 10.5. The van der Waals surface area contributed by atoms with Crippen LogP contribution in [-0.2, 0) is 4.74 Å². The van der Waals surface area contributed by atoms with Crippen LogP contribution in [-0.4, -0.2) is 93.4 Å². The molecule has 1 aromatic rings. The summed E-state index contributed by atoms with van der Waals surface area (Å²) in [6.45, 7) is 3.88. The molecule has 2 aliphatic rings. The number of fused-ring (bicyclic) bond motifs is 1. The summed E-state index contributed by atoms with van der Waals surface area (Å²) in [6, 6.07) is 1.51. The van der Waals surface area contributed by atoms with E-state index < -0.39 is 6.10 Å². The second kappa shape index (κ2) is 11.0. The summed E-state index contributed by atoms with van der Waals surface area (Å²) >= 11 is 6.25. The molecular formula is C20H29ClN2O7. The number of piperidine rings is 1. The molecule has 0 radical (unpaired) electrons. The van der Waals surface area contributed by atoms with E-state index in [4.69, 9.17) is 35.7 Å². The molecule has 10 heteroatoms. The van der Waals surface area contributed by atoms with Crippen molar-refractivity contribution in [3.63, 3.8) is 0 Å². The van der Waals surface area contributed by atoms with Crippen LogP contribution >= 0.6 is 11.6 Å². The van der Waals surface area contributed by atoms with Gasteiger partial charge in [-0.25, -0.2) is 0 Å². The second-order valence-electron chi connectivity index (χ2n) is 7.26. The van der Waals surface area contributed by atoms with E-state index in [0.29, 0.717) is 63.3 Å². The molecule has 30 heavy (non-hydrogen) atoms. The Morgan fingerprint density at radius 2 is 2.10 bits per heavy atom. The highest BCUT2D eigenvalue weighted by molar-refractivity contribution is 6.33. The van der Waals surface area contributed by atoms with E-state index in [1.165, 1.54) is 13.2 Å².